The molecule has 4 heteroatoms. The highest BCUT2D eigenvalue weighted by molar-refractivity contribution is 7.89. The van der Waals surface area contributed by atoms with Crippen LogP contribution in [0.25, 0.3) is 0 Å². The van der Waals surface area contributed by atoms with E-state index in [-0.39, 0.29) is 6.04 Å². The first-order chi connectivity index (χ1) is 9.59. The van der Waals surface area contributed by atoms with Crippen molar-refractivity contribution in [3.63, 3.8) is 0 Å². The van der Waals surface area contributed by atoms with Gasteiger partial charge in [-0.25, -0.2) is 8.42 Å². The molecule has 1 unspecified atom stereocenters. The fourth-order valence-corrected chi connectivity index (χ4v) is 4.94. The molecule has 1 atom stereocenters. The molecule has 0 saturated carbocycles. The first-order valence-electron chi connectivity index (χ1n) is 7.36. The van der Waals surface area contributed by atoms with E-state index in [9.17, 15) is 8.42 Å². The maximum Gasteiger partial charge on any atom is 0.243 e. The summed E-state index contributed by atoms with van der Waals surface area (Å²) in [5, 5.41) is 0. The minimum atomic E-state index is -3.35. The van der Waals surface area contributed by atoms with E-state index in [1.54, 1.807) is 16.4 Å². The van der Waals surface area contributed by atoms with Crippen LogP contribution in [0, 0.1) is 6.92 Å². The van der Waals surface area contributed by atoms with Gasteiger partial charge in [-0.3, -0.25) is 0 Å². The van der Waals surface area contributed by atoms with Crippen molar-refractivity contribution in [2.24, 2.45) is 0 Å². The standard InChI is InChI=1S/C16H21NO2S/c1-13-8-10-15(11-9-13)20(18,19)17-12-4-7-16(17)14-5-2-3-6-14/h5,8-11,16H,2-4,6-7,12H2,1H3. The molecular formula is C16H21NO2S. The predicted octanol–water partition coefficient (Wildman–Crippen LogP) is 3.26. The third kappa shape index (κ3) is 2.42. The van der Waals surface area contributed by atoms with E-state index in [1.165, 1.54) is 12.0 Å². The number of allylic oxidation sites excluding steroid dienone is 1. The van der Waals surface area contributed by atoms with E-state index in [1.807, 2.05) is 19.1 Å². The van der Waals surface area contributed by atoms with Gasteiger partial charge in [-0.05, 0) is 51.2 Å². The van der Waals surface area contributed by atoms with Crippen LogP contribution in [0.3, 0.4) is 0 Å². The Kier molecular flexibility index (Phi) is 3.69. The summed E-state index contributed by atoms with van der Waals surface area (Å²) in [6.07, 6.45) is 7.51. The Labute approximate surface area is 121 Å². The van der Waals surface area contributed by atoms with Crippen LogP contribution in [0.5, 0.6) is 0 Å². The van der Waals surface area contributed by atoms with E-state index in [4.69, 9.17) is 0 Å². The average molecular weight is 291 g/mol. The van der Waals surface area contributed by atoms with Crippen LogP contribution < -0.4 is 0 Å². The first-order valence-corrected chi connectivity index (χ1v) is 8.80. The molecule has 1 heterocycles. The molecule has 0 N–H and O–H groups in total. The number of aryl methyl sites for hydroxylation is 1. The molecule has 1 fully saturated rings. The number of rotatable bonds is 3. The van der Waals surface area contributed by atoms with Gasteiger partial charge in [-0.1, -0.05) is 29.3 Å². The zero-order valence-corrected chi connectivity index (χ0v) is 12.7. The molecule has 0 bridgehead atoms. The number of nitrogens with zero attached hydrogens (tertiary/aromatic N) is 1. The molecule has 0 spiro atoms. The lowest BCUT2D eigenvalue weighted by Gasteiger charge is -2.25. The monoisotopic (exact) mass is 291 g/mol. The van der Waals surface area contributed by atoms with Crippen molar-refractivity contribution in [3.05, 3.63) is 41.5 Å². The van der Waals surface area contributed by atoms with Crippen molar-refractivity contribution >= 4 is 10.0 Å². The van der Waals surface area contributed by atoms with E-state index in [0.717, 1.165) is 31.2 Å². The number of hydrogen-bond acceptors (Lipinski definition) is 2. The van der Waals surface area contributed by atoms with Gasteiger partial charge in [-0.2, -0.15) is 4.31 Å². The molecule has 1 aliphatic carbocycles. The summed E-state index contributed by atoms with van der Waals surface area (Å²) >= 11 is 0. The van der Waals surface area contributed by atoms with Crippen molar-refractivity contribution in [1.29, 1.82) is 0 Å². The van der Waals surface area contributed by atoms with Gasteiger partial charge in [0.1, 0.15) is 0 Å². The third-order valence-electron chi connectivity index (χ3n) is 4.34. The number of benzene rings is 1. The summed E-state index contributed by atoms with van der Waals surface area (Å²) < 4.78 is 27.3. The van der Waals surface area contributed by atoms with Crippen molar-refractivity contribution < 1.29 is 8.42 Å². The van der Waals surface area contributed by atoms with Gasteiger partial charge in [0.25, 0.3) is 0 Å². The Hall–Kier alpha value is -1.13. The highest BCUT2D eigenvalue weighted by Crippen LogP contribution is 2.34. The highest BCUT2D eigenvalue weighted by Gasteiger charge is 2.37. The van der Waals surface area contributed by atoms with Gasteiger partial charge in [0.2, 0.25) is 10.0 Å². The molecule has 1 aliphatic heterocycles. The van der Waals surface area contributed by atoms with Gasteiger partial charge < -0.3 is 0 Å². The molecule has 0 amide bonds. The molecule has 3 nitrogen and oxygen atoms in total. The van der Waals surface area contributed by atoms with Crippen molar-refractivity contribution in [1.82, 2.24) is 4.31 Å². The molecule has 1 aromatic rings. The van der Waals surface area contributed by atoms with E-state index in [2.05, 4.69) is 6.08 Å². The molecule has 1 saturated heterocycles. The quantitative estimate of drug-likeness (QED) is 0.802. The normalized spacial score (nSPS) is 24.1. The van der Waals surface area contributed by atoms with Crippen molar-refractivity contribution in [2.75, 3.05) is 6.54 Å². The number of sulfonamides is 1. The zero-order chi connectivity index (χ0) is 14.2. The Morgan fingerprint density at radius 2 is 1.90 bits per heavy atom. The number of hydrogen-bond donors (Lipinski definition) is 0. The highest BCUT2D eigenvalue weighted by atomic mass is 32.2. The van der Waals surface area contributed by atoms with Gasteiger partial charge in [0, 0.05) is 12.6 Å². The van der Waals surface area contributed by atoms with Crippen LogP contribution in [-0.2, 0) is 10.0 Å². The Balaban J connectivity index is 1.91. The van der Waals surface area contributed by atoms with Gasteiger partial charge in [-0.15, -0.1) is 0 Å². The topological polar surface area (TPSA) is 37.4 Å². The minimum Gasteiger partial charge on any atom is -0.207 e. The summed E-state index contributed by atoms with van der Waals surface area (Å²) in [5.74, 6) is 0. The molecule has 108 valence electrons. The Morgan fingerprint density at radius 3 is 2.55 bits per heavy atom. The molecule has 2 aliphatic rings. The van der Waals surface area contributed by atoms with Crippen LogP contribution in [0.15, 0.2) is 40.8 Å². The second-order valence-corrected chi connectivity index (χ2v) is 7.65. The summed E-state index contributed by atoms with van der Waals surface area (Å²) in [7, 11) is -3.35. The maximum atomic E-state index is 12.8. The smallest absolute Gasteiger partial charge is 0.207 e. The second kappa shape index (κ2) is 5.34. The average Bonchev–Trinajstić information content (AvgIpc) is 3.10. The van der Waals surface area contributed by atoms with Crippen molar-refractivity contribution in [3.8, 4) is 0 Å². The fraction of sp³-hybridized carbons (Fsp3) is 0.500. The molecular weight excluding hydrogens is 270 g/mol. The summed E-state index contributed by atoms with van der Waals surface area (Å²) in [6.45, 7) is 2.62. The summed E-state index contributed by atoms with van der Waals surface area (Å²) in [4.78, 5) is 0.425. The lowest BCUT2D eigenvalue weighted by molar-refractivity contribution is 0.417. The van der Waals surface area contributed by atoms with Crippen LogP contribution in [0.2, 0.25) is 0 Å². The Bertz CT molecular complexity index is 616. The fourth-order valence-electron chi connectivity index (χ4n) is 3.24. The van der Waals surface area contributed by atoms with Gasteiger partial charge >= 0.3 is 0 Å². The largest absolute Gasteiger partial charge is 0.243 e. The lowest BCUT2D eigenvalue weighted by atomic mass is 10.1. The molecule has 0 radical (unpaired) electrons. The van der Waals surface area contributed by atoms with Crippen LogP contribution in [-0.4, -0.2) is 25.3 Å². The molecule has 20 heavy (non-hydrogen) atoms. The third-order valence-corrected chi connectivity index (χ3v) is 6.26. The second-order valence-electron chi connectivity index (χ2n) is 5.76. The molecule has 0 aromatic heterocycles. The van der Waals surface area contributed by atoms with Gasteiger partial charge in [0.15, 0.2) is 0 Å². The first kappa shape index (κ1) is 13.8. The maximum absolute atomic E-state index is 12.8. The predicted molar refractivity (Wildman–Crippen MR) is 80.0 cm³/mol. The lowest BCUT2D eigenvalue weighted by Crippen LogP contribution is -2.36. The van der Waals surface area contributed by atoms with E-state index >= 15 is 0 Å². The Morgan fingerprint density at radius 1 is 1.15 bits per heavy atom. The van der Waals surface area contributed by atoms with Crippen LogP contribution >= 0.6 is 0 Å². The van der Waals surface area contributed by atoms with E-state index in [0.29, 0.717) is 11.4 Å². The SMILES string of the molecule is Cc1ccc(S(=O)(=O)N2CCCC2C2=CCCC2)cc1. The minimum absolute atomic E-state index is 0.101. The molecule has 3 rings (SSSR count). The van der Waals surface area contributed by atoms with Crippen LogP contribution in [0.1, 0.15) is 37.7 Å². The van der Waals surface area contributed by atoms with Crippen molar-refractivity contribution in [2.45, 2.75) is 50.0 Å². The zero-order valence-electron chi connectivity index (χ0n) is 11.9. The van der Waals surface area contributed by atoms with E-state index < -0.39 is 10.0 Å². The molecule has 1 aromatic carbocycles. The van der Waals surface area contributed by atoms with Gasteiger partial charge in [0.05, 0.1) is 4.90 Å². The summed E-state index contributed by atoms with van der Waals surface area (Å²) in [5.41, 5.74) is 2.42. The summed E-state index contributed by atoms with van der Waals surface area (Å²) in [6, 6.07) is 7.29. The van der Waals surface area contributed by atoms with Crippen LogP contribution in [0.4, 0.5) is 0 Å².